The van der Waals surface area contributed by atoms with Gasteiger partial charge in [0.1, 0.15) is 18.1 Å². The maximum atomic E-state index is 10.1. The molecule has 0 amide bonds. The quantitative estimate of drug-likeness (QED) is 0.752. The molecular formula is C15H20Br2O3. The lowest BCUT2D eigenvalue weighted by atomic mass is 10.0. The number of aliphatic hydroxyl groups is 1. The van der Waals surface area contributed by atoms with Gasteiger partial charge in [-0.2, -0.15) is 0 Å². The summed E-state index contributed by atoms with van der Waals surface area (Å²) in [5.41, 5.74) is 0. The molecule has 1 aromatic carbocycles. The topological polar surface area (TPSA) is 38.7 Å². The third kappa shape index (κ3) is 4.37. The number of ether oxygens (including phenoxy) is 2. The number of hydrogen-bond acceptors (Lipinski definition) is 3. The van der Waals surface area contributed by atoms with Gasteiger partial charge < -0.3 is 14.6 Å². The summed E-state index contributed by atoms with van der Waals surface area (Å²) in [6, 6.07) is 3.70. The highest BCUT2D eigenvalue weighted by Gasteiger charge is 2.19. The van der Waals surface area contributed by atoms with Crippen molar-refractivity contribution in [3.63, 3.8) is 0 Å². The average molecular weight is 408 g/mol. The summed E-state index contributed by atoms with van der Waals surface area (Å²) < 4.78 is 12.6. The molecule has 20 heavy (non-hydrogen) atoms. The number of aliphatic hydroxyl groups excluding tert-OH is 1. The van der Waals surface area contributed by atoms with Crippen LogP contribution in [0.3, 0.4) is 0 Å². The van der Waals surface area contributed by atoms with Crippen molar-refractivity contribution < 1.29 is 14.6 Å². The van der Waals surface area contributed by atoms with Gasteiger partial charge >= 0.3 is 0 Å². The molecule has 0 heterocycles. The van der Waals surface area contributed by atoms with Crippen LogP contribution in [0.1, 0.15) is 32.1 Å². The van der Waals surface area contributed by atoms with E-state index in [-0.39, 0.29) is 0 Å². The Kier molecular flexibility index (Phi) is 6.18. The van der Waals surface area contributed by atoms with Crippen LogP contribution < -0.4 is 9.47 Å². The zero-order chi connectivity index (χ0) is 14.5. The normalized spacial score (nSPS) is 17.2. The van der Waals surface area contributed by atoms with Gasteiger partial charge in [-0.25, -0.2) is 0 Å². The zero-order valence-corrected chi connectivity index (χ0v) is 14.7. The molecule has 1 aliphatic rings. The second-order valence-corrected chi connectivity index (χ2v) is 6.98. The fraction of sp³-hybridized carbons (Fsp3) is 0.600. The predicted molar refractivity (Wildman–Crippen MR) is 86.5 cm³/mol. The fourth-order valence-electron chi connectivity index (χ4n) is 2.66. The Balaban J connectivity index is 1.88. The van der Waals surface area contributed by atoms with Crippen LogP contribution in [0.5, 0.6) is 11.5 Å². The highest BCUT2D eigenvalue weighted by Crippen LogP contribution is 2.36. The van der Waals surface area contributed by atoms with Gasteiger partial charge in [-0.05, 0) is 56.3 Å². The van der Waals surface area contributed by atoms with Crippen LogP contribution >= 0.6 is 31.9 Å². The molecule has 0 saturated heterocycles. The van der Waals surface area contributed by atoms with E-state index in [1.807, 2.05) is 12.1 Å². The van der Waals surface area contributed by atoms with Crippen molar-refractivity contribution in [1.29, 1.82) is 0 Å². The summed E-state index contributed by atoms with van der Waals surface area (Å²) in [5, 5.41) is 10.1. The van der Waals surface area contributed by atoms with E-state index >= 15 is 0 Å². The minimum absolute atomic E-state index is 0.327. The van der Waals surface area contributed by atoms with Crippen LogP contribution in [-0.2, 0) is 0 Å². The van der Waals surface area contributed by atoms with Gasteiger partial charge in [0, 0.05) is 0 Å². The fourth-order valence-corrected chi connectivity index (χ4v) is 3.58. The van der Waals surface area contributed by atoms with Crippen molar-refractivity contribution in [3.8, 4) is 11.5 Å². The minimum Gasteiger partial charge on any atom is -0.496 e. The summed E-state index contributed by atoms with van der Waals surface area (Å²) in [6.07, 6.45) is 5.54. The van der Waals surface area contributed by atoms with Crippen molar-refractivity contribution in [2.75, 3.05) is 13.7 Å². The Labute approximate surface area is 136 Å². The molecular weight excluding hydrogens is 388 g/mol. The van der Waals surface area contributed by atoms with Crippen LogP contribution in [-0.4, -0.2) is 24.9 Å². The van der Waals surface area contributed by atoms with E-state index in [0.717, 1.165) is 21.1 Å². The highest BCUT2D eigenvalue weighted by atomic mass is 79.9. The summed E-state index contributed by atoms with van der Waals surface area (Å²) in [7, 11) is 1.62. The second-order valence-electron chi connectivity index (χ2n) is 5.27. The Hall–Kier alpha value is -0.260. The van der Waals surface area contributed by atoms with E-state index in [4.69, 9.17) is 9.47 Å². The molecule has 1 saturated carbocycles. The third-order valence-corrected chi connectivity index (χ3v) is 4.96. The first-order valence-electron chi connectivity index (χ1n) is 6.94. The molecule has 2 rings (SSSR count). The third-order valence-electron chi connectivity index (χ3n) is 3.72. The Bertz CT molecular complexity index is 445. The molecule has 1 fully saturated rings. The van der Waals surface area contributed by atoms with Crippen LogP contribution in [0.4, 0.5) is 0 Å². The molecule has 0 radical (unpaired) electrons. The molecule has 1 aliphatic carbocycles. The second kappa shape index (κ2) is 7.66. The van der Waals surface area contributed by atoms with E-state index < -0.39 is 6.10 Å². The van der Waals surface area contributed by atoms with Crippen LogP contribution in [0.25, 0.3) is 0 Å². The van der Waals surface area contributed by atoms with Gasteiger partial charge in [-0.3, -0.25) is 0 Å². The van der Waals surface area contributed by atoms with E-state index in [0.29, 0.717) is 18.3 Å². The minimum atomic E-state index is -0.397. The maximum Gasteiger partial charge on any atom is 0.135 e. The molecule has 112 valence electrons. The monoisotopic (exact) mass is 406 g/mol. The van der Waals surface area contributed by atoms with Gasteiger partial charge in [0.2, 0.25) is 0 Å². The van der Waals surface area contributed by atoms with E-state index in [1.54, 1.807) is 7.11 Å². The van der Waals surface area contributed by atoms with Gasteiger partial charge in [-0.1, -0.05) is 25.7 Å². The molecule has 1 unspecified atom stereocenters. The molecule has 0 aliphatic heterocycles. The highest BCUT2D eigenvalue weighted by molar-refractivity contribution is 9.11. The van der Waals surface area contributed by atoms with Crippen molar-refractivity contribution in [3.05, 3.63) is 21.1 Å². The molecule has 1 aromatic rings. The van der Waals surface area contributed by atoms with Gasteiger partial charge in [0.25, 0.3) is 0 Å². The molecule has 1 atom stereocenters. The molecule has 0 spiro atoms. The molecule has 5 heteroatoms. The Morgan fingerprint density at radius 2 is 1.80 bits per heavy atom. The molecule has 1 N–H and O–H groups in total. The summed E-state index contributed by atoms with van der Waals surface area (Å²) in [4.78, 5) is 0. The summed E-state index contributed by atoms with van der Waals surface area (Å²) >= 11 is 6.88. The Morgan fingerprint density at radius 1 is 1.20 bits per heavy atom. The number of methoxy groups -OCH3 is 1. The first-order chi connectivity index (χ1) is 9.60. The first kappa shape index (κ1) is 16.1. The summed E-state index contributed by atoms with van der Waals surface area (Å²) in [6.45, 7) is 0.327. The zero-order valence-electron chi connectivity index (χ0n) is 11.6. The first-order valence-corrected chi connectivity index (χ1v) is 8.52. The molecule has 3 nitrogen and oxygen atoms in total. The van der Waals surface area contributed by atoms with Crippen LogP contribution in [0, 0.1) is 5.92 Å². The van der Waals surface area contributed by atoms with Gasteiger partial charge in [0.05, 0.1) is 22.2 Å². The van der Waals surface area contributed by atoms with Crippen molar-refractivity contribution in [2.24, 2.45) is 5.92 Å². The van der Waals surface area contributed by atoms with Crippen LogP contribution in [0.15, 0.2) is 21.1 Å². The largest absolute Gasteiger partial charge is 0.496 e. The summed E-state index contributed by atoms with van der Waals surface area (Å²) in [5.74, 6) is 2.12. The number of halogens is 2. The van der Waals surface area contributed by atoms with Crippen molar-refractivity contribution >= 4 is 31.9 Å². The van der Waals surface area contributed by atoms with Gasteiger partial charge in [0.15, 0.2) is 0 Å². The standard InChI is InChI=1S/C15H20Br2O3/c1-19-14-7-13(17)15(8-12(14)16)20-9-11(18)6-10-4-2-3-5-10/h7-8,10-11,18H,2-6,9H2,1H3. The van der Waals surface area contributed by atoms with Crippen molar-refractivity contribution in [1.82, 2.24) is 0 Å². The number of rotatable bonds is 6. The predicted octanol–water partition coefficient (Wildman–Crippen LogP) is 4.54. The molecule has 0 bridgehead atoms. The smallest absolute Gasteiger partial charge is 0.135 e. The SMILES string of the molecule is COc1cc(Br)c(OCC(O)CC2CCCC2)cc1Br. The lowest BCUT2D eigenvalue weighted by molar-refractivity contribution is 0.0851. The lowest BCUT2D eigenvalue weighted by Gasteiger charge is -2.17. The number of benzene rings is 1. The Morgan fingerprint density at radius 3 is 2.45 bits per heavy atom. The van der Waals surface area contributed by atoms with Crippen molar-refractivity contribution in [2.45, 2.75) is 38.2 Å². The van der Waals surface area contributed by atoms with E-state index in [9.17, 15) is 5.11 Å². The maximum absolute atomic E-state index is 10.1. The van der Waals surface area contributed by atoms with Gasteiger partial charge in [-0.15, -0.1) is 0 Å². The van der Waals surface area contributed by atoms with Crippen LogP contribution in [0.2, 0.25) is 0 Å². The van der Waals surface area contributed by atoms with E-state index in [2.05, 4.69) is 31.9 Å². The average Bonchev–Trinajstić information content (AvgIpc) is 2.92. The van der Waals surface area contributed by atoms with E-state index in [1.165, 1.54) is 25.7 Å². The molecule has 0 aromatic heterocycles. The lowest BCUT2D eigenvalue weighted by Crippen LogP contribution is -2.20. The number of hydrogen-bond donors (Lipinski definition) is 1.